The zero-order chi connectivity index (χ0) is 32.8. The van der Waals surface area contributed by atoms with E-state index in [2.05, 4.69) is 29.3 Å². The van der Waals surface area contributed by atoms with Crippen LogP contribution in [0.4, 0.5) is 4.79 Å². The van der Waals surface area contributed by atoms with Crippen molar-refractivity contribution in [3.8, 4) is 0 Å². The Bertz CT molecular complexity index is 1120. The standard InChI is InChI=1S/C21H39N5O16P2/c1-23-6-3-2-4-13(28)25-14-17(31)15(29)10(8-27)40-20(14)41-44(36,37)42-43(34,35)38-9-11-16(30)18(32)19(39-11)26-7-5-12(22)24-21(26)33/h5,7,10-12,14-20,23,27,29-32H,2-4,6,8-9,22H2,1H3,(H,24,33)(H,25,28)(H,34,35)(H,36,37)/p-2/t10?,11?,12?,14?,15-,16?,17+,18?,19?,20+/m0/s1. The molecule has 0 radical (unpaired) electrons. The van der Waals surface area contributed by atoms with E-state index in [0.717, 1.165) is 4.90 Å². The van der Waals surface area contributed by atoms with Gasteiger partial charge in [0.2, 0.25) is 5.91 Å². The highest BCUT2D eigenvalue weighted by Gasteiger charge is 2.49. The minimum absolute atomic E-state index is 0.0663. The van der Waals surface area contributed by atoms with Gasteiger partial charge in [0.05, 0.1) is 19.4 Å². The van der Waals surface area contributed by atoms with Crippen molar-refractivity contribution in [3.05, 3.63) is 12.3 Å². The molecule has 0 bridgehead atoms. The Morgan fingerprint density at radius 1 is 1.09 bits per heavy atom. The molecule has 254 valence electrons. The number of nitrogens with zero attached hydrogens (tertiary/aromatic N) is 1. The van der Waals surface area contributed by atoms with E-state index in [0.29, 0.717) is 19.4 Å². The highest BCUT2D eigenvalue weighted by molar-refractivity contribution is 7.59. The van der Waals surface area contributed by atoms with Crippen LogP contribution in [0.15, 0.2) is 12.3 Å². The van der Waals surface area contributed by atoms with Crippen molar-refractivity contribution in [1.29, 1.82) is 0 Å². The van der Waals surface area contributed by atoms with Crippen LogP contribution in [0.2, 0.25) is 0 Å². The Morgan fingerprint density at radius 3 is 2.41 bits per heavy atom. The molecule has 9 unspecified atom stereocenters. The molecule has 10 N–H and O–H groups in total. The molecule has 0 aromatic carbocycles. The number of ether oxygens (including phenoxy) is 2. The lowest BCUT2D eigenvalue weighted by Gasteiger charge is -2.44. The van der Waals surface area contributed by atoms with Crippen molar-refractivity contribution >= 4 is 27.6 Å². The lowest BCUT2D eigenvalue weighted by molar-refractivity contribution is -0.285. The molecule has 0 aromatic heterocycles. The summed E-state index contributed by atoms with van der Waals surface area (Å²) >= 11 is 0. The van der Waals surface area contributed by atoms with Crippen LogP contribution in [-0.4, -0.2) is 131 Å². The third-order valence-corrected chi connectivity index (χ3v) is 9.24. The molecule has 3 rings (SSSR count). The van der Waals surface area contributed by atoms with Crippen LogP contribution in [0, 0.1) is 0 Å². The number of carbonyl (C=O) groups excluding carboxylic acids is 2. The normalized spacial score (nSPS) is 36.8. The number of aliphatic hydroxyl groups is 5. The predicted molar refractivity (Wildman–Crippen MR) is 139 cm³/mol. The number of phosphoric acid groups is 2. The molecular formula is C21H37N5O16P2-2. The summed E-state index contributed by atoms with van der Waals surface area (Å²) in [6, 6.07) is -2.55. The Morgan fingerprint density at radius 2 is 1.77 bits per heavy atom. The molecule has 44 heavy (non-hydrogen) atoms. The maximum Gasteiger partial charge on any atom is 0.325 e. The molecule has 12 atom stereocenters. The van der Waals surface area contributed by atoms with Gasteiger partial charge >= 0.3 is 6.03 Å². The van der Waals surface area contributed by atoms with Crippen molar-refractivity contribution < 1.29 is 76.9 Å². The highest BCUT2D eigenvalue weighted by Crippen LogP contribution is 2.57. The van der Waals surface area contributed by atoms with Gasteiger partial charge in [0.15, 0.2) is 12.5 Å². The average Bonchev–Trinajstić information content (AvgIpc) is 3.22. The van der Waals surface area contributed by atoms with E-state index in [4.69, 9.17) is 15.2 Å². The van der Waals surface area contributed by atoms with Crippen LogP contribution in [0.1, 0.15) is 19.3 Å². The van der Waals surface area contributed by atoms with E-state index in [1.54, 1.807) is 7.05 Å². The highest BCUT2D eigenvalue weighted by atomic mass is 31.3. The van der Waals surface area contributed by atoms with Gasteiger partial charge in [0.25, 0.3) is 15.6 Å². The fourth-order valence-electron chi connectivity index (χ4n) is 4.44. The Kier molecular flexibility index (Phi) is 13.2. The summed E-state index contributed by atoms with van der Waals surface area (Å²) in [6.45, 7) is -1.40. The Labute approximate surface area is 251 Å². The van der Waals surface area contributed by atoms with Crippen LogP contribution in [0.5, 0.6) is 0 Å². The zero-order valence-corrected chi connectivity index (χ0v) is 25.1. The van der Waals surface area contributed by atoms with Gasteiger partial charge in [-0.2, -0.15) is 0 Å². The molecule has 2 saturated heterocycles. The van der Waals surface area contributed by atoms with E-state index in [9.17, 15) is 54.0 Å². The van der Waals surface area contributed by atoms with Gasteiger partial charge in [-0.15, -0.1) is 0 Å². The first kappa shape index (κ1) is 36.8. The van der Waals surface area contributed by atoms with E-state index in [1.807, 2.05) is 0 Å². The van der Waals surface area contributed by atoms with Crippen LogP contribution < -0.4 is 31.5 Å². The van der Waals surface area contributed by atoms with Gasteiger partial charge in [0.1, 0.15) is 42.7 Å². The maximum absolute atomic E-state index is 12.5. The first-order valence-corrected chi connectivity index (χ1v) is 16.3. The molecule has 2 fully saturated rings. The summed E-state index contributed by atoms with van der Waals surface area (Å²) < 4.78 is 48.6. The van der Waals surface area contributed by atoms with E-state index in [1.165, 1.54) is 12.3 Å². The number of hydrogen-bond donors (Lipinski definition) is 9. The number of nitrogens with one attached hydrogen (secondary N) is 3. The molecule has 3 amide bonds. The minimum atomic E-state index is -5.96. The number of hydrogen-bond acceptors (Lipinski definition) is 18. The molecule has 23 heteroatoms. The summed E-state index contributed by atoms with van der Waals surface area (Å²) in [5, 5.41) is 58.1. The average molecular weight is 677 g/mol. The number of carbonyl (C=O) groups is 2. The third-order valence-electron chi connectivity index (χ3n) is 6.71. The smallest absolute Gasteiger partial charge is 0.325 e. The van der Waals surface area contributed by atoms with Crippen LogP contribution in [0.25, 0.3) is 0 Å². The van der Waals surface area contributed by atoms with Crippen molar-refractivity contribution in [2.45, 2.75) is 80.6 Å². The monoisotopic (exact) mass is 677 g/mol. The summed E-state index contributed by atoms with van der Waals surface area (Å²) in [5.41, 5.74) is 5.54. The molecule has 3 heterocycles. The zero-order valence-electron chi connectivity index (χ0n) is 23.3. The Hall–Kier alpha value is -1.62. The summed E-state index contributed by atoms with van der Waals surface area (Å²) in [5.74, 6) is -0.688. The lowest BCUT2D eigenvalue weighted by atomic mass is 9.97. The molecule has 0 aromatic rings. The largest absolute Gasteiger partial charge is 0.756 e. The minimum Gasteiger partial charge on any atom is -0.756 e. The van der Waals surface area contributed by atoms with Crippen molar-refractivity contribution in [1.82, 2.24) is 20.9 Å². The Balaban J connectivity index is 1.62. The number of urea groups is 1. The molecule has 3 aliphatic rings. The van der Waals surface area contributed by atoms with E-state index < -0.39 is 102 Å². The van der Waals surface area contributed by atoms with Crippen molar-refractivity contribution in [3.63, 3.8) is 0 Å². The second-order valence-corrected chi connectivity index (χ2v) is 12.9. The third kappa shape index (κ3) is 9.69. The quantitative estimate of drug-likeness (QED) is 0.0576. The molecule has 0 aliphatic carbocycles. The number of unbranched alkanes of at least 4 members (excludes halogenated alkanes) is 1. The van der Waals surface area contributed by atoms with Gasteiger partial charge in [0, 0.05) is 12.6 Å². The van der Waals surface area contributed by atoms with Gasteiger partial charge < -0.3 is 71.0 Å². The fourth-order valence-corrected chi connectivity index (χ4v) is 6.53. The summed E-state index contributed by atoms with van der Waals surface area (Å²) in [4.78, 5) is 50.2. The van der Waals surface area contributed by atoms with Crippen LogP contribution >= 0.6 is 15.6 Å². The second-order valence-electron chi connectivity index (χ2n) is 10.0. The van der Waals surface area contributed by atoms with Crippen LogP contribution in [0.3, 0.4) is 0 Å². The number of nitrogens with two attached hydrogens (primary N) is 1. The molecular weight excluding hydrogens is 640 g/mol. The lowest BCUT2D eigenvalue weighted by Crippen LogP contribution is -2.64. The van der Waals surface area contributed by atoms with Crippen molar-refractivity contribution in [2.75, 3.05) is 26.8 Å². The molecule has 3 aliphatic heterocycles. The van der Waals surface area contributed by atoms with Crippen LogP contribution in [-0.2, 0) is 36.8 Å². The molecule has 0 spiro atoms. The molecule has 21 nitrogen and oxygen atoms in total. The summed E-state index contributed by atoms with van der Waals surface area (Å²) in [6.07, 6.45) is -11.5. The van der Waals surface area contributed by atoms with E-state index in [-0.39, 0.29) is 6.42 Å². The maximum atomic E-state index is 12.5. The predicted octanol–water partition coefficient (Wildman–Crippen LogP) is -5.44. The number of rotatable bonds is 15. The first-order chi connectivity index (χ1) is 20.6. The first-order valence-electron chi connectivity index (χ1n) is 13.4. The summed E-state index contributed by atoms with van der Waals surface area (Å²) in [7, 11) is -10.1. The van der Waals surface area contributed by atoms with E-state index >= 15 is 0 Å². The number of amides is 3. The molecule has 0 saturated carbocycles. The second kappa shape index (κ2) is 15.8. The SMILES string of the molecule is CNCCCCC(=O)NC1[C@@H](OP(=O)([O-])OP(=O)([O-])OCC2OC(N3C=CC(N)NC3=O)C(O)C2O)OC(CO)[C@H](O)[C@@H]1O. The van der Waals surface area contributed by atoms with Gasteiger partial charge in [-0.05, 0) is 32.5 Å². The number of aliphatic hydroxyl groups excluding tert-OH is 5. The van der Waals surface area contributed by atoms with Crippen molar-refractivity contribution in [2.24, 2.45) is 5.73 Å². The van der Waals surface area contributed by atoms with Gasteiger partial charge in [-0.25, -0.2) is 9.11 Å². The topological polar surface area (TPSA) is 327 Å². The van der Waals surface area contributed by atoms with Gasteiger partial charge in [-0.3, -0.25) is 23.3 Å². The van der Waals surface area contributed by atoms with Gasteiger partial charge in [-0.1, -0.05) is 0 Å². The fraction of sp³-hybridized carbons (Fsp3) is 0.810. The number of phosphoric ester groups is 2.